The Kier molecular flexibility index (Phi) is 2.73. The van der Waals surface area contributed by atoms with E-state index < -0.39 is 8.07 Å². The van der Waals surface area contributed by atoms with Crippen LogP contribution in [0.5, 0.6) is 0 Å². The van der Waals surface area contributed by atoms with Gasteiger partial charge in [-0.3, -0.25) is 0 Å². The zero-order chi connectivity index (χ0) is 9.19. The van der Waals surface area contributed by atoms with Crippen molar-refractivity contribution in [2.45, 2.75) is 32.1 Å². The van der Waals surface area contributed by atoms with Crippen LogP contribution in [0.2, 0.25) is 19.6 Å². The van der Waals surface area contributed by atoms with Crippen molar-refractivity contribution in [3.63, 3.8) is 0 Å². The summed E-state index contributed by atoms with van der Waals surface area (Å²) < 4.78 is 0. The maximum Gasteiger partial charge on any atom is 0.0517 e. The second kappa shape index (κ2) is 3.44. The van der Waals surface area contributed by atoms with E-state index in [0.29, 0.717) is 0 Å². The molecular formula is C11H18Si. The van der Waals surface area contributed by atoms with Crippen LogP contribution in [0.1, 0.15) is 18.0 Å². The van der Waals surface area contributed by atoms with Gasteiger partial charge < -0.3 is 0 Å². The van der Waals surface area contributed by atoms with E-state index >= 15 is 0 Å². The van der Waals surface area contributed by atoms with Gasteiger partial charge in [0.25, 0.3) is 0 Å². The van der Waals surface area contributed by atoms with Gasteiger partial charge in [-0.1, -0.05) is 56.9 Å². The molecule has 1 atom stereocenters. The van der Waals surface area contributed by atoms with Crippen molar-refractivity contribution >= 4 is 8.07 Å². The lowest BCUT2D eigenvalue weighted by Crippen LogP contribution is -2.28. The van der Waals surface area contributed by atoms with Gasteiger partial charge in [0.15, 0.2) is 0 Å². The van der Waals surface area contributed by atoms with Gasteiger partial charge >= 0.3 is 0 Å². The summed E-state index contributed by atoms with van der Waals surface area (Å²) >= 11 is 0. The zero-order valence-electron chi connectivity index (χ0n) is 8.46. The first kappa shape index (κ1) is 9.52. The summed E-state index contributed by atoms with van der Waals surface area (Å²) in [5.41, 5.74) is 2.26. The van der Waals surface area contributed by atoms with Crippen LogP contribution in [0.3, 0.4) is 0 Å². The lowest BCUT2D eigenvalue weighted by molar-refractivity contribution is 1.02. The summed E-state index contributed by atoms with van der Waals surface area (Å²) in [5, 5.41) is 0. The summed E-state index contributed by atoms with van der Waals surface area (Å²) in [4.78, 5) is 0. The lowest BCUT2D eigenvalue weighted by atomic mass is 10.2. The van der Waals surface area contributed by atoms with Gasteiger partial charge in [0.05, 0.1) is 8.07 Å². The van der Waals surface area contributed by atoms with E-state index in [2.05, 4.69) is 56.9 Å². The smallest absolute Gasteiger partial charge is 0.0517 e. The number of benzene rings is 1. The van der Waals surface area contributed by atoms with E-state index in [9.17, 15) is 0 Å². The largest absolute Gasteiger partial charge is 0.0691 e. The Morgan fingerprint density at radius 1 is 1.00 bits per heavy atom. The van der Waals surface area contributed by atoms with Gasteiger partial charge in [-0.15, -0.1) is 0 Å². The van der Waals surface area contributed by atoms with Crippen LogP contribution in [0, 0.1) is 0 Å². The molecule has 0 aromatic heterocycles. The molecule has 0 heterocycles. The molecule has 1 aromatic rings. The van der Waals surface area contributed by atoms with Crippen molar-refractivity contribution in [1.82, 2.24) is 0 Å². The predicted octanol–water partition coefficient (Wildman–Crippen LogP) is 3.67. The Balaban J connectivity index is 2.86. The highest BCUT2D eigenvalue weighted by atomic mass is 28.3. The summed E-state index contributed by atoms with van der Waals surface area (Å²) in [6, 6.07) is 10.8. The highest BCUT2D eigenvalue weighted by Gasteiger charge is 2.23. The second-order valence-corrected chi connectivity index (χ2v) is 10.1. The highest BCUT2D eigenvalue weighted by Crippen LogP contribution is 2.25. The van der Waals surface area contributed by atoms with Gasteiger partial charge in [-0.25, -0.2) is 0 Å². The molecular weight excluding hydrogens is 160 g/mol. The quantitative estimate of drug-likeness (QED) is 0.606. The van der Waals surface area contributed by atoms with Gasteiger partial charge in [0.1, 0.15) is 0 Å². The maximum atomic E-state index is 2.42. The SMILES string of the molecule is C[C@H](c1ccccc1)[Si](C)(C)C. The number of hydrogen-bond acceptors (Lipinski definition) is 0. The summed E-state index contributed by atoms with van der Waals surface area (Å²) in [5.74, 6) is 0. The molecule has 0 amide bonds. The maximum absolute atomic E-state index is 2.42. The van der Waals surface area contributed by atoms with Gasteiger partial charge in [-0.05, 0) is 11.1 Å². The van der Waals surface area contributed by atoms with Crippen LogP contribution in [-0.4, -0.2) is 8.07 Å². The van der Waals surface area contributed by atoms with E-state index in [-0.39, 0.29) is 0 Å². The molecule has 0 bridgehead atoms. The molecule has 0 aliphatic carbocycles. The number of hydrogen-bond donors (Lipinski definition) is 0. The standard InChI is InChI=1S/C11H18Si/c1-10(12(2,3)4)11-8-6-5-7-9-11/h5-10H,1-4H3/t10-/m1/s1. The van der Waals surface area contributed by atoms with Crippen LogP contribution >= 0.6 is 0 Å². The molecule has 0 N–H and O–H groups in total. The van der Waals surface area contributed by atoms with Crippen molar-refractivity contribution < 1.29 is 0 Å². The fourth-order valence-electron chi connectivity index (χ4n) is 1.24. The molecule has 1 heteroatoms. The van der Waals surface area contributed by atoms with Crippen LogP contribution in [0.25, 0.3) is 0 Å². The van der Waals surface area contributed by atoms with Crippen molar-refractivity contribution in [3.05, 3.63) is 35.9 Å². The van der Waals surface area contributed by atoms with Gasteiger partial charge in [0, 0.05) is 0 Å². The van der Waals surface area contributed by atoms with Crippen LogP contribution < -0.4 is 0 Å². The molecule has 66 valence electrons. The van der Waals surface area contributed by atoms with E-state index in [4.69, 9.17) is 0 Å². The Labute approximate surface area is 76.6 Å². The first-order valence-electron chi connectivity index (χ1n) is 4.57. The molecule has 0 saturated heterocycles. The van der Waals surface area contributed by atoms with E-state index in [0.717, 1.165) is 5.54 Å². The zero-order valence-corrected chi connectivity index (χ0v) is 9.46. The topological polar surface area (TPSA) is 0 Å². The first-order chi connectivity index (χ1) is 5.52. The average molecular weight is 178 g/mol. The summed E-state index contributed by atoms with van der Waals surface area (Å²) in [7, 11) is -1.00. The summed E-state index contributed by atoms with van der Waals surface area (Å²) in [6.45, 7) is 9.61. The van der Waals surface area contributed by atoms with Gasteiger partial charge in [-0.2, -0.15) is 0 Å². The van der Waals surface area contributed by atoms with Crippen molar-refractivity contribution in [1.29, 1.82) is 0 Å². The fourth-order valence-corrected chi connectivity index (χ4v) is 2.43. The number of rotatable bonds is 2. The van der Waals surface area contributed by atoms with Crippen LogP contribution in [0.15, 0.2) is 30.3 Å². The molecule has 0 spiro atoms. The molecule has 0 aliphatic heterocycles. The molecule has 0 aliphatic rings. The normalized spacial score (nSPS) is 14.3. The Morgan fingerprint density at radius 3 is 1.92 bits per heavy atom. The lowest BCUT2D eigenvalue weighted by Gasteiger charge is -2.25. The van der Waals surface area contributed by atoms with E-state index in [1.165, 1.54) is 5.56 Å². The highest BCUT2D eigenvalue weighted by molar-refractivity contribution is 6.77. The Hall–Kier alpha value is -0.563. The van der Waals surface area contributed by atoms with Crippen molar-refractivity contribution in [2.75, 3.05) is 0 Å². The average Bonchev–Trinajstić information content (AvgIpc) is 2.03. The van der Waals surface area contributed by atoms with E-state index in [1.807, 2.05) is 0 Å². The fraction of sp³-hybridized carbons (Fsp3) is 0.455. The van der Waals surface area contributed by atoms with Crippen LogP contribution in [-0.2, 0) is 0 Å². The molecule has 12 heavy (non-hydrogen) atoms. The predicted molar refractivity (Wildman–Crippen MR) is 58.2 cm³/mol. The van der Waals surface area contributed by atoms with E-state index in [1.54, 1.807) is 0 Å². The third-order valence-electron chi connectivity index (χ3n) is 2.60. The second-order valence-electron chi connectivity index (χ2n) is 4.50. The Bertz CT molecular complexity index is 233. The first-order valence-corrected chi connectivity index (χ1v) is 8.14. The van der Waals surface area contributed by atoms with Crippen molar-refractivity contribution in [2.24, 2.45) is 0 Å². The molecule has 0 fully saturated rings. The molecule has 0 saturated carbocycles. The van der Waals surface area contributed by atoms with Crippen LogP contribution in [0.4, 0.5) is 0 Å². The minimum absolute atomic E-state index is 0.763. The summed E-state index contributed by atoms with van der Waals surface area (Å²) in [6.07, 6.45) is 0. The van der Waals surface area contributed by atoms with Crippen molar-refractivity contribution in [3.8, 4) is 0 Å². The molecule has 0 unspecified atom stereocenters. The molecule has 1 aromatic carbocycles. The minimum atomic E-state index is -1.00. The molecule has 0 nitrogen and oxygen atoms in total. The minimum Gasteiger partial charge on any atom is -0.0691 e. The van der Waals surface area contributed by atoms with Gasteiger partial charge in [0.2, 0.25) is 0 Å². The monoisotopic (exact) mass is 178 g/mol. The third-order valence-corrected chi connectivity index (χ3v) is 5.53. The Morgan fingerprint density at radius 2 is 1.50 bits per heavy atom. The molecule has 1 rings (SSSR count). The third kappa shape index (κ3) is 2.21. The molecule has 0 radical (unpaired) electrons.